The molecule has 3 rings (SSSR count). The lowest BCUT2D eigenvalue weighted by Gasteiger charge is -2.11. The first-order valence-electron chi connectivity index (χ1n) is 6.80. The normalized spacial score (nSPS) is 11.5. The molecule has 0 aliphatic carbocycles. The lowest BCUT2D eigenvalue weighted by molar-refractivity contribution is -0.137. The number of hydrogen-bond acceptors (Lipinski definition) is 4. The molecule has 3 aromatic rings. The summed E-state index contributed by atoms with van der Waals surface area (Å²) in [4.78, 5) is 16.4. The molecule has 0 bridgehead atoms. The van der Waals surface area contributed by atoms with Gasteiger partial charge in [0.2, 0.25) is 0 Å². The average molecular weight is 352 g/mol. The van der Waals surface area contributed by atoms with E-state index in [1.165, 1.54) is 19.2 Å². The van der Waals surface area contributed by atoms with Gasteiger partial charge in [-0.05, 0) is 30.3 Å². The number of carbonyl (C=O) groups excluding carboxylic acids is 1. The molecule has 0 saturated heterocycles. The fourth-order valence-corrected chi connectivity index (χ4v) is 3.07. The molecule has 8 heteroatoms. The number of fused-ring (bicyclic) bond motifs is 1. The van der Waals surface area contributed by atoms with Crippen LogP contribution in [0, 0.1) is 0 Å². The Morgan fingerprint density at radius 1 is 1.21 bits per heavy atom. The van der Waals surface area contributed by atoms with E-state index >= 15 is 0 Å². The van der Waals surface area contributed by atoms with E-state index in [4.69, 9.17) is 4.74 Å². The average Bonchev–Trinajstić information content (AvgIpc) is 2.95. The van der Waals surface area contributed by atoms with E-state index in [1.54, 1.807) is 18.2 Å². The molecule has 0 unspecified atom stereocenters. The first-order valence-corrected chi connectivity index (χ1v) is 7.62. The molecule has 4 nitrogen and oxygen atoms in total. The molecular formula is C16H11F3N2O2S. The minimum absolute atomic E-state index is 0.222. The zero-order valence-electron chi connectivity index (χ0n) is 12.3. The Labute approximate surface area is 138 Å². The summed E-state index contributed by atoms with van der Waals surface area (Å²) in [6.07, 6.45) is -4.60. The molecule has 0 radical (unpaired) electrons. The van der Waals surface area contributed by atoms with Gasteiger partial charge in [0.25, 0.3) is 5.91 Å². The van der Waals surface area contributed by atoms with Crippen molar-refractivity contribution < 1.29 is 22.7 Å². The highest BCUT2D eigenvalue weighted by Gasteiger charge is 2.34. The highest BCUT2D eigenvalue weighted by molar-refractivity contribution is 7.22. The molecule has 0 aliphatic heterocycles. The topological polar surface area (TPSA) is 51.2 Å². The lowest BCUT2D eigenvalue weighted by atomic mass is 10.1. The van der Waals surface area contributed by atoms with Crippen molar-refractivity contribution >= 4 is 32.6 Å². The smallest absolute Gasteiger partial charge is 0.417 e. The Morgan fingerprint density at radius 2 is 1.96 bits per heavy atom. The summed E-state index contributed by atoms with van der Waals surface area (Å²) < 4.78 is 44.8. The van der Waals surface area contributed by atoms with Crippen molar-refractivity contribution in [3.63, 3.8) is 0 Å². The second kappa shape index (κ2) is 6.12. The van der Waals surface area contributed by atoms with Crippen molar-refractivity contribution in [3.8, 4) is 5.75 Å². The van der Waals surface area contributed by atoms with Crippen molar-refractivity contribution in [2.24, 2.45) is 0 Å². The monoisotopic (exact) mass is 352 g/mol. The van der Waals surface area contributed by atoms with Crippen molar-refractivity contribution in [1.82, 2.24) is 4.98 Å². The Kier molecular flexibility index (Phi) is 4.15. The maximum atomic E-state index is 13.0. The van der Waals surface area contributed by atoms with Gasteiger partial charge in [0.1, 0.15) is 5.75 Å². The van der Waals surface area contributed by atoms with Crippen LogP contribution in [0.1, 0.15) is 15.9 Å². The number of methoxy groups -OCH3 is 1. The standard InChI is InChI=1S/C16H11F3N2O2S/c1-23-9-6-7-12-13(8-9)24-15(20-12)21-14(22)10-4-2-3-5-11(10)16(17,18)19/h2-8H,1H3,(H,20,21,22). The van der Waals surface area contributed by atoms with Crippen LogP contribution in [0.25, 0.3) is 10.2 Å². The number of ether oxygens (including phenoxy) is 1. The van der Waals surface area contributed by atoms with Gasteiger partial charge in [-0.2, -0.15) is 13.2 Å². The van der Waals surface area contributed by atoms with Crippen molar-refractivity contribution in [2.45, 2.75) is 6.18 Å². The number of alkyl halides is 3. The van der Waals surface area contributed by atoms with E-state index in [0.29, 0.717) is 11.3 Å². The van der Waals surface area contributed by atoms with Crippen LogP contribution in [0.2, 0.25) is 0 Å². The molecular weight excluding hydrogens is 341 g/mol. The molecule has 0 atom stereocenters. The minimum Gasteiger partial charge on any atom is -0.497 e. The Hall–Kier alpha value is -2.61. The van der Waals surface area contributed by atoms with E-state index in [-0.39, 0.29) is 5.13 Å². The Bertz CT molecular complexity index is 906. The zero-order chi connectivity index (χ0) is 17.3. The quantitative estimate of drug-likeness (QED) is 0.751. The fraction of sp³-hybridized carbons (Fsp3) is 0.125. The lowest BCUT2D eigenvalue weighted by Crippen LogP contribution is -2.18. The van der Waals surface area contributed by atoms with Crippen LogP contribution in [0.3, 0.4) is 0 Å². The third-order valence-corrected chi connectivity index (χ3v) is 4.23. The molecule has 124 valence electrons. The summed E-state index contributed by atoms with van der Waals surface area (Å²) >= 11 is 1.16. The van der Waals surface area contributed by atoms with Crippen molar-refractivity contribution in [1.29, 1.82) is 0 Å². The van der Waals surface area contributed by atoms with Crippen LogP contribution >= 0.6 is 11.3 Å². The second-order valence-corrected chi connectivity index (χ2v) is 5.88. The summed E-state index contributed by atoms with van der Waals surface area (Å²) in [7, 11) is 1.53. The number of anilines is 1. The summed E-state index contributed by atoms with van der Waals surface area (Å²) in [6, 6.07) is 9.80. The Morgan fingerprint density at radius 3 is 2.67 bits per heavy atom. The van der Waals surface area contributed by atoms with Gasteiger partial charge in [0, 0.05) is 0 Å². The van der Waals surface area contributed by atoms with Gasteiger partial charge in [0.15, 0.2) is 5.13 Å². The number of aromatic nitrogens is 1. The third-order valence-electron chi connectivity index (χ3n) is 3.29. The number of carbonyl (C=O) groups is 1. The Balaban J connectivity index is 1.90. The van der Waals surface area contributed by atoms with Crippen LogP contribution in [0.4, 0.5) is 18.3 Å². The largest absolute Gasteiger partial charge is 0.497 e. The molecule has 0 spiro atoms. The summed E-state index contributed by atoms with van der Waals surface area (Å²) in [5.74, 6) is -0.222. The van der Waals surface area contributed by atoms with Gasteiger partial charge in [0.05, 0.1) is 28.5 Å². The number of benzene rings is 2. The second-order valence-electron chi connectivity index (χ2n) is 4.85. The predicted octanol–water partition coefficient (Wildman–Crippen LogP) is 4.58. The van der Waals surface area contributed by atoms with E-state index in [0.717, 1.165) is 28.2 Å². The molecule has 1 aromatic heterocycles. The number of halogens is 3. The molecule has 24 heavy (non-hydrogen) atoms. The highest BCUT2D eigenvalue weighted by Crippen LogP contribution is 2.33. The van der Waals surface area contributed by atoms with E-state index < -0.39 is 23.2 Å². The maximum Gasteiger partial charge on any atom is 0.417 e. The van der Waals surface area contributed by atoms with Gasteiger partial charge < -0.3 is 4.74 Å². The van der Waals surface area contributed by atoms with Gasteiger partial charge in [-0.25, -0.2) is 4.98 Å². The molecule has 0 fully saturated rings. The van der Waals surface area contributed by atoms with Gasteiger partial charge in [-0.1, -0.05) is 23.5 Å². The molecule has 1 N–H and O–H groups in total. The van der Waals surface area contributed by atoms with Crippen LogP contribution in [-0.4, -0.2) is 18.0 Å². The summed E-state index contributed by atoms with van der Waals surface area (Å²) in [6.45, 7) is 0. The predicted molar refractivity (Wildman–Crippen MR) is 85.6 cm³/mol. The van der Waals surface area contributed by atoms with Crippen LogP contribution < -0.4 is 10.1 Å². The van der Waals surface area contributed by atoms with Crippen LogP contribution in [-0.2, 0) is 6.18 Å². The number of hydrogen-bond donors (Lipinski definition) is 1. The highest BCUT2D eigenvalue weighted by atomic mass is 32.1. The number of amides is 1. The van der Waals surface area contributed by atoms with E-state index in [1.807, 2.05) is 0 Å². The summed E-state index contributed by atoms with van der Waals surface area (Å²) in [5.41, 5.74) is -0.799. The van der Waals surface area contributed by atoms with Crippen molar-refractivity contribution in [3.05, 3.63) is 53.6 Å². The van der Waals surface area contributed by atoms with Gasteiger partial charge in [-0.3, -0.25) is 10.1 Å². The zero-order valence-corrected chi connectivity index (χ0v) is 13.2. The van der Waals surface area contributed by atoms with Crippen LogP contribution in [0.5, 0.6) is 5.75 Å². The molecule has 0 saturated carbocycles. The third kappa shape index (κ3) is 3.18. The first-order chi connectivity index (χ1) is 11.4. The fourth-order valence-electron chi connectivity index (χ4n) is 2.18. The molecule has 1 heterocycles. The summed E-state index contributed by atoms with van der Waals surface area (Å²) in [5, 5.41) is 2.65. The van der Waals surface area contributed by atoms with E-state index in [2.05, 4.69) is 10.3 Å². The first kappa shape index (κ1) is 16.3. The van der Waals surface area contributed by atoms with Gasteiger partial charge >= 0.3 is 6.18 Å². The molecule has 2 aromatic carbocycles. The number of nitrogens with one attached hydrogen (secondary N) is 1. The van der Waals surface area contributed by atoms with Gasteiger partial charge in [-0.15, -0.1) is 0 Å². The number of nitrogens with zero attached hydrogens (tertiary/aromatic N) is 1. The SMILES string of the molecule is COc1ccc2nc(NC(=O)c3ccccc3C(F)(F)F)sc2c1. The number of rotatable bonds is 3. The minimum atomic E-state index is -4.60. The molecule has 1 amide bonds. The van der Waals surface area contributed by atoms with E-state index in [9.17, 15) is 18.0 Å². The van der Waals surface area contributed by atoms with Crippen LogP contribution in [0.15, 0.2) is 42.5 Å². The maximum absolute atomic E-state index is 13.0. The van der Waals surface area contributed by atoms with Crippen molar-refractivity contribution in [2.75, 3.05) is 12.4 Å². The molecule has 0 aliphatic rings. The number of thiazole rings is 1.